The molecule has 7 heteroatoms. The summed E-state index contributed by atoms with van der Waals surface area (Å²) in [5, 5.41) is 17.4. The second kappa shape index (κ2) is 4.84. The minimum Gasteiger partial charge on any atom is -0.480 e. The largest absolute Gasteiger partial charge is 0.480 e. The third kappa shape index (κ3) is 2.21. The zero-order valence-electron chi connectivity index (χ0n) is 12.0. The number of aromatic nitrogens is 2. The number of amides is 1. The van der Waals surface area contributed by atoms with Crippen molar-refractivity contribution < 1.29 is 14.7 Å². The van der Waals surface area contributed by atoms with Crippen LogP contribution < -0.4 is 5.32 Å². The second-order valence-corrected chi connectivity index (χ2v) is 6.62. The molecule has 3 rings (SSSR count). The number of thiophene rings is 1. The number of hydrogen-bond acceptors (Lipinski definition) is 4. The molecule has 0 saturated heterocycles. The van der Waals surface area contributed by atoms with Gasteiger partial charge in [-0.25, -0.2) is 4.79 Å². The fourth-order valence-electron chi connectivity index (χ4n) is 2.97. The molecule has 0 unspecified atom stereocenters. The van der Waals surface area contributed by atoms with E-state index in [-0.39, 0.29) is 5.91 Å². The average molecular weight is 307 g/mol. The van der Waals surface area contributed by atoms with Gasteiger partial charge in [-0.05, 0) is 25.8 Å². The molecule has 1 fully saturated rings. The summed E-state index contributed by atoms with van der Waals surface area (Å²) in [6.45, 7) is 1.90. The molecule has 0 spiro atoms. The smallest absolute Gasteiger partial charge is 0.329 e. The second-order valence-electron chi connectivity index (χ2n) is 5.59. The third-order valence-electron chi connectivity index (χ3n) is 4.14. The summed E-state index contributed by atoms with van der Waals surface area (Å²) >= 11 is 1.34. The molecule has 0 aromatic carbocycles. The summed E-state index contributed by atoms with van der Waals surface area (Å²) in [6.07, 6.45) is 2.67. The van der Waals surface area contributed by atoms with Gasteiger partial charge in [-0.1, -0.05) is 12.8 Å². The zero-order valence-corrected chi connectivity index (χ0v) is 12.8. The number of nitrogens with one attached hydrogen (secondary N) is 1. The van der Waals surface area contributed by atoms with Crippen LogP contribution in [0.5, 0.6) is 0 Å². The Bertz CT molecular complexity index is 691. The predicted molar refractivity (Wildman–Crippen MR) is 79.6 cm³/mol. The van der Waals surface area contributed by atoms with Crippen molar-refractivity contribution in [2.45, 2.75) is 38.1 Å². The Morgan fingerprint density at radius 2 is 2.10 bits per heavy atom. The van der Waals surface area contributed by atoms with Gasteiger partial charge in [-0.3, -0.25) is 9.48 Å². The Labute approximate surface area is 125 Å². The molecule has 6 nitrogen and oxygen atoms in total. The van der Waals surface area contributed by atoms with E-state index in [1.807, 2.05) is 14.0 Å². The monoisotopic (exact) mass is 307 g/mol. The highest BCUT2D eigenvalue weighted by molar-refractivity contribution is 7.20. The molecular weight excluding hydrogens is 290 g/mol. The number of rotatable bonds is 3. The van der Waals surface area contributed by atoms with Crippen LogP contribution in [0.15, 0.2) is 6.07 Å². The molecule has 1 amide bonds. The lowest BCUT2D eigenvalue weighted by atomic mass is 9.98. The molecule has 2 N–H and O–H groups in total. The molecule has 1 saturated carbocycles. The van der Waals surface area contributed by atoms with Crippen LogP contribution >= 0.6 is 11.3 Å². The number of carboxylic acid groups (broad SMARTS) is 1. The summed E-state index contributed by atoms with van der Waals surface area (Å²) in [5.74, 6) is -1.24. The molecule has 2 heterocycles. The van der Waals surface area contributed by atoms with Crippen LogP contribution in [-0.4, -0.2) is 32.3 Å². The molecule has 2 aromatic heterocycles. The molecule has 0 radical (unpaired) electrons. The first-order valence-corrected chi connectivity index (χ1v) is 7.74. The summed E-state index contributed by atoms with van der Waals surface area (Å²) in [6, 6.07) is 1.79. The van der Waals surface area contributed by atoms with Gasteiger partial charge < -0.3 is 10.4 Å². The molecule has 2 aromatic rings. The van der Waals surface area contributed by atoms with Crippen LogP contribution in [0.2, 0.25) is 0 Å². The van der Waals surface area contributed by atoms with E-state index in [2.05, 4.69) is 10.4 Å². The standard InChI is InChI=1S/C14H17N3O3S/c1-8-9-7-10(21-12(9)17(2)16-8)11(18)15-14(13(19)20)5-3-4-6-14/h7H,3-6H2,1-2H3,(H,15,18)(H,19,20). The topological polar surface area (TPSA) is 84.2 Å². The van der Waals surface area contributed by atoms with Gasteiger partial charge in [0.25, 0.3) is 5.91 Å². The third-order valence-corrected chi connectivity index (χ3v) is 5.34. The van der Waals surface area contributed by atoms with Gasteiger partial charge >= 0.3 is 5.97 Å². The van der Waals surface area contributed by atoms with Crippen LogP contribution in [-0.2, 0) is 11.8 Å². The first kappa shape index (κ1) is 14.1. The van der Waals surface area contributed by atoms with Gasteiger partial charge in [-0.2, -0.15) is 5.10 Å². The Morgan fingerprint density at radius 1 is 1.43 bits per heavy atom. The Morgan fingerprint density at radius 3 is 2.67 bits per heavy atom. The van der Waals surface area contributed by atoms with E-state index in [0.29, 0.717) is 17.7 Å². The van der Waals surface area contributed by atoms with Gasteiger partial charge in [0.2, 0.25) is 0 Å². The Balaban J connectivity index is 1.90. The highest BCUT2D eigenvalue weighted by atomic mass is 32.1. The molecular formula is C14H17N3O3S. The first-order chi connectivity index (χ1) is 9.93. The van der Waals surface area contributed by atoms with Crippen molar-refractivity contribution in [2.24, 2.45) is 7.05 Å². The van der Waals surface area contributed by atoms with Crippen LogP contribution in [0.4, 0.5) is 0 Å². The van der Waals surface area contributed by atoms with E-state index in [4.69, 9.17) is 0 Å². The molecule has 21 heavy (non-hydrogen) atoms. The highest BCUT2D eigenvalue weighted by Gasteiger charge is 2.42. The predicted octanol–water partition coefficient (Wildman–Crippen LogP) is 2.07. The van der Waals surface area contributed by atoms with Gasteiger partial charge in [0.15, 0.2) is 0 Å². The molecule has 112 valence electrons. The summed E-state index contributed by atoms with van der Waals surface area (Å²) in [7, 11) is 1.84. The summed E-state index contributed by atoms with van der Waals surface area (Å²) < 4.78 is 1.74. The maximum Gasteiger partial charge on any atom is 0.329 e. The van der Waals surface area contributed by atoms with E-state index in [9.17, 15) is 14.7 Å². The summed E-state index contributed by atoms with van der Waals surface area (Å²) in [5.41, 5.74) is -0.225. The number of aryl methyl sites for hydroxylation is 2. The van der Waals surface area contributed by atoms with Crippen molar-refractivity contribution in [3.05, 3.63) is 16.6 Å². The SMILES string of the molecule is Cc1nn(C)c2sc(C(=O)NC3(C(=O)O)CCCC3)cc12. The lowest BCUT2D eigenvalue weighted by Crippen LogP contribution is -2.52. The maximum atomic E-state index is 12.4. The van der Waals surface area contributed by atoms with Crippen molar-refractivity contribution in [1.29, 1.82) is 0 Å². The van der Waals surface area contributed by atoms with Gasteiger partial charge in [0.05, 0.1) is 10.6 Å². The maximum absolute atomic E-state index is 12.4. The fourth-order valence-corrected chi connectivity index (χ4v) is 3.99. The summed E-state index contributed by atoms with van der Waals surface area (Å²) in [4.78, 5) is 25.4. The Kier molecular flexibility index (Phi) is 3.24. The quantitative estimate of drug-likeness (QED) is 0.909. The normalized spacial score (nSPS) is 17.2. The van der Waals surface area contributed by atoms with Crippen LogP contribution in [0.25, 0.3) is 10.2 Å². The van der Waals surface area contributed by atoms with Gasteiger partial charge in [0.1, 0.15) is 10.4 Å². The number of hydrogen-bond donors (Lipinski definition) is 2. The van der Waals surface area contributed by atoms with E-state index < -0.39 is 11.5 Å². The van der Waals surface area contributed by atoms with Gasteiger partial charge in [-0.15, -0.1) is 11.3 Å². The lowest BCUT2D eigenvalue weighted by Gasteiger charge is -2.24. The molecule has 0 atom stereocenters. The van der Waals surface area contributed by atoms with Crippen LogP contribution in [0, 0.1) is 6.92 Å². The fraction of sp³-hybridized carbons (Fsp3) is 0.500. The Hall–Kier alpha value is -1.89. The highest BCUT2D eigenvalue weighted by Crippen LogP contribution is 2.32. The number of carboxylic acids is 1. The molecule has 1 aliphatic rings. The van der Waals surface area contributed by atoms with Crippen LogP contribution in [0.1, 0.15) is 41.0 Å². The zero-order chi connectivity index (χ0) is 15.2. The molecule has 0 bridgehead atoms. The lowest BCUT2D eigenvalue weighted by molar-refractivity contribution is -0.144. The van der Waals surface area contributed by atoms with E-state index in [0.717, 1.165) is 28.8 Å². The average Bonchev–Trinajstić information content (AvgIpc) is 3.09. The molecule has 1 aliphatic carbocycles. The number of fused-ring (bicyclic) bond motifs is 1. The number of aliphatic carboxylic acids is 1. The van der Waals surface area contributed by atoms with Crippen molar-refractivity contribution >= 4 is 33.4 Å². The first-order valence-electron chi connectivity index (χ1n) is 6.92. The van der Waals surface area contributed by atoms with E-state index in [1.54, 1.807) is 10.7 Å². The van der Waals surface area contributed by atoms with Crippen LogP contribution in [0.3, 0.4) is 0 Å². The van der Waals surface area contributed by atoms with Crippen molar-refractivity contribution in [2.75, 3.05) is 0 Å². The van der Waals surface area contributed by atoms with E-state index >= 15 is 0 Å². The van der Waals surface area contributed by atoms with Crippen molar-refractivity contribution in [3.8, 4) is 0 Å². The van der Waals surface area contributed by atoms with Crippen molar-refractivity contribution in [1.82, 2.24) is 15.1 Å². The number of carbonyl (C=O) groups excluding carboxylic acids is 1. The van der Waals surface area contributed by atoms with Gasteiger partial charge in [0, 0.05) is 12.4 Å². The minimum absolute atomic E-state index is 0.306. The number of nitrogens with zero attached hydrogens (tertiary/aromatic N) is 2. The van der Waals surface area contributed by atoms with Crippen molar-refractivity contribution in [3.63, 3.8) is 0 Å². The molecule has 0 aliphatic heterocycles. The van der Waals surface area contributed by atoms with E-state index in [1.165, 1.54) is 11.3 Å². The number of carbonyl (C=O) groups is 2. The minimum atomic E-state index is -1.10.